The van der Waals surface area contributed by atoms with Gasteiger partial charge in [0.1, 0.15) is 5.82 Å². The Labute approximate surface area is 143 Å². The lowest BCUT2D eigenvalue weighted by Gasteiger charge is -2.07. The largest absolute Gasteiger partial charge is 0.359 e. The predicted octanol–water partition coefficient (Wildman–Crippen LogP) is 3.03. The summed E-state index contributed by atoms with van der Waals surface area (Å²) in [5, 5.41) is 13.5. The van der Waals surface area contributed by atoms with E-state index in [1.807, 2.05) is 35.7 Å². The summed E-state index contributed by atoms with van der Waals surface area (Å²) in [5.74, 6) is 0.337. The Morgan fingerprint density at radius 1 is 1.21 bits per heavy atom. The van der Waals surface area contributed by atoms with Gasteiger partial charge < -0.3 is 5.32 Å². The second kappa shape index (κ2) is 7.02. The van der Waals surface area contributed by atoms with E-state index < -0.39 is 0 Å². The van der Waals surface area contributed by atoms with Crippen LogP contribution in [0.3, 0.4) is 0 Å². The molecule has 0 bridgehead atoms. The Morgan fingerprint density at radius 2 is 1.96 bits per heavy atom. The van der Waals surface area contributed by atoms with Crippen LogP contribution in [0.4, 0.5) is 0 Å². The first-order chi connectivity index (χ1) is 11.7. The Bertz CT molecular complexity index is 896. The van der Waals surface area contributed by atoms with Crippen molar-refractivity contribution in [2.75, 3.05) is 7.05 Å². The summed E-state index contributed by atoms with van der Waals surface area (Å²) in [5.41, 5.74) is 3.00. The van der Waals surface area contributed by atoms with Crippen molar-refractivity contribution in [3.63, 3.8) is 0 Å². The third-order valence-electron chi connectivity index (χ3n) is 3.45. The number of carbonyl (C=O) groups is 1. The molecule has 0 aliphatic carbocycles. The fourth-order valence-corrected chi connectivity index (χ4v) is 2.91. The molecule has 3 aromatic rings. The molecule has 0 unspecified atom stereocenters. The van der Waals surface area contributed by atoms with Crippen LogP contribution >= 0.6 is 11.3 Å². The highest BCUT2D eigenvalue weighted by atomic mass is 32.1. The zero-order valence-electron chi connectivity index (χ0n) is 13.0. The number of nitrogens with zero attached hydrogens (tertiary/aromatic N) is 3. The summed E-state index contributed by atoms with van der Waals surface area (Å²) < 4.78 is 0. The first-order valence-electron chi connectivity index (χ1n) is 7.32. The van der Waals surface area contributed by atoms with E-state index in [0.29, 0.717) is 11.4 Å². The lowest BCUT2D eigenvalue weighted by atomic mass is 10.1. The molecule has 24 heavy (non-hydrogen) atoms. The quantitative estimate of drug-likeness (QED) is 0.795. The number of hydrogen-bond acceptors (Lipinski definition) is 5. The molecule has 0 spiro atoms. The van der Waals surface area contributed by atoms with Crippen LogP contribution < -0.4 is 5.32 Å². The van der Waals surface area contributed by atoms with Crippen molar-refractivity contribution in [2.45, 2.75) is 6.42 Å². The van der Waals surface area contributed by atoms with E-state index in [4.69, 9.17) is 5.26 Å². The minimum Gasteiger partial charge on any atom is -0.359 e. The number of nitriles is 1. The van der Waals surface area contributed by atoms with Crippen LogP contribution in [0.15, 0.2) is 47.8 Å². The van der Waals surface area contributed by atoms with E-state index in [9.17, 15) is 4.79 Å². The monoisotopic (exact) mass is 334 g/mol. The number of hydrogen-bond donors (Lipinski definition) is 1. The van der Waals surface area contributed by atoms with Crippen LogP contribution in [0.1, 0.15) is 11.4 Å². The second-order valence-electron chi connectivity index (χ2n) is 5.07. The molecule has 2 aromatic heterocycles. The Morgan fingerprint density at radius 3 is 2.58 bits per heavy atom. The van der Waals surface area contributed by atoms with E-state index in [1.54, 1.807) is 30.5 Å². The van der Waals surface area contributed by atoms with E-state index in [0.717, 1.165) is 21.8 Å². The normalized spacial score (nSPS) is 10.2. The van der Waals surface area contributed by atoms with Gasteiger partial charge in [0, 0.05) is 12.6 Å². The molecule has 1 aromatic carbocycles. The molecule has 3 rings (SSSR count). The summed E-state index contributed by atoms with van der Waals surface area (Å²) in [6, 6.07) is 15.2. The topological polar surface area (TPSA) is 78.7 Å². The lowest BCUT2D eigenvalue weighted by molar-refractivity contribution is -0.120. The third-order valence-corrected chi connectivity index (χ3v) is 4.35. The molecule has 1 amide bonds. The van der Waals surface area contributed by atoms with Gasteiger partial charge in [-0.2, -0.15) is 5.26 Å². The zero-order valence-corrected chi connectivity index (χ0v) is 13.8. The van der Waals surface area contributed by atoms with Crippen molar-refractivity contribution in [2.24, 2.45) is 0 Å². The molecular weight excluding hydrogens is 320 g/mol. The van der Waals surface area contributed by atoms with E-state index in [-0.39, 0.29) is 12.3 Å². The maximum absolute atomic E-state index is 11.7. The number of amides is 1. The summed E-state index contributed by atoms with van der Waals surface area (Å²) >= 11 is 1.59. The third kappa shape index (κ3) is 3.47. The molecule has 2 heterocycles. The van der Waals surface area contributed by atoms with E-state index in [2.05, 4.69) is 21.4 Å². The molecule has 5 nitrogen and oxygen atoms in total. The van der Waals surface area contributed by atoms with E-state index >= 15 is 0 Å². The Balaban J connectivity index is 2.06. The number of aromatic nitrogens is 2. The van der Waals surface area contributed by atoms with Gasteiger partial charge in [-0.25, -0.2) is 9.97 Å². The first kappa shape index (κ1) is 15.8. The summed E-state index contributed by atoms with van der Waals surface area (Å²) in [4.78, 5) is 21.7. The average Bonchev–Trinajstić information content (AvgIpc) is 3.16. The number of nitrogens with one attached hydrogen (secondary N) is 1. The molecule has 0 atom stereocenters. The smallest absolute Gasteiger partial charge is 0.227 e. The second-order valence-corrected chi connectivity index (χ2v) is 6.02. The highest BCUT2D eigenvalue weighted by Crippen LogP contribution is 2.27. The van der Waals surface area contributed by atoms with Gasteiger partial charge in [-0.05, 0) is 29.6 Å². The lowest BCUT2D eigenvalue weighted by Crippen LogP contribution is -2.21. The molecule has 0 saturated heterocycles. The number of likely N-dealkylation sites (N-methyl/N-ethyl adjacent to an activating group) is 1. The van der Waals surface area contributed by atoms with Gasteiger partial charge in [0.2, 0.25) is 5.91 Å². The van der Waals surface area contributed by atoms with Crippen molar-refractivity contribution >= 4 is 17.2 Å². The van der Waals surface area contributed by atoms with Crippen LogP contribution in [0.5, 0.6) is 0 Å². The molecule has 0 aliphatic heterocycles. The molecular formula is C18H14N4OS. The van der Waals surface area contributed by atoms with Crippen molar-refractivity contribution in [3.05, 3.63) is 59.2 Å². The maximum atomic E-state index is 11.7. The van der Waals surface area contributed by atoms with Crippen LogP contribution in [0.2, 0.25) is 0 Å². The molecule has 0 radical (unpaired) electrons. The van der Waals surface area contributed by atoms with Crippen molar-refractivity contribution in [3.8, 4) is 27.9 Å². The van der Waals surface area contributed by atoms with Gasteiger partial charge in [-0.3, -0.25) is 4.79 Å². The molecule has 1 N–H and O–H groups in total. The maximum Gasteiger partial charge on any atom is 0.227 e. The van der Waals surface area contributed by atoms with Gasteiger partial charge in [0.25, 0.3) is 0 Å². The fourth-order valence-electron chi connectivity index (χ4n) is 2.22. The minimum atomic E-state index is -0.135. The SMILES string of the molecule is CNC(=O)Cc1nc(-c2ccc(C#N)cc2)cc(-c2cccs2)n1. The van der Waals surface area contributed by atoms with Gasteiger partial charge in [-0.15, -0.1) is 11.3 Å². The number of thiophene rings is 1. The standard InChI is InChI=1S/C18H14N4OS/c1-20-18(23)10-17-21-14(13-6-4-12(11-19)5-7-13)9-15(22-17)16-3-2-8-24-16/h2-9H,10H2,1H3,(H,20,23). The van der Waals surface area contributed by atoms with Crippen molar-refractivity contribution in [1.82, 2.24) is 15.3 Å². The van der Waals surface area contributed by atoms with Crippen molar-refractivity contribution in [1.29, 1.82) is 5.26 Å². The Kier molecular flexibility index (Phi) is 4.64. The van der Waals surface area contributed by atoms with Gasteiger partial charge >= 0.3 is 0 Å². The zero-order chi connectivity index (χ0) is 16.9. The molecule has 0 saturated carbocycles. The number of rotatable bonds is 4. The molecule has 0 fully saturated rings. The van der Waals surface area contributed by atoms with Crippen LogP contribution in [0.25, 0.3) is 21.8 Å². The van der Waals surface area contributed by atoms with Crippen LogP contribution in [-0.4, -0.2) is 22.9 Å². The molecule has 0 aliphatic rings. The predicted molar refractivity (Wildman–Crippen MR) is 93.3 cm³/mol. The number of benzene rings is 1. The first-order valence-corrected chi connectivity index (χ1v) is 8.20. The summed E-state index contributed by atoms with van der Waals surface area (Å²) in [6.45, 7) is 0. The summed E-state index contributed by atoms with van der Waals surface area (Å²) in [7, 11) is 1.59. The van der Waals surface area contributed by atoms with Crippen molar-refractivity contribution < 1.29 is 4.79 Å². The fraction of sp³-hybridized carbons (Fsp3) is 0.111. The van der Waals surface area contributed by atoms with Crippen LogP contribution in [-0.2, 0) is 11.2 Å². The average molecular weight is 334 g/mol. The highest BCUT2D eigenvalue weighted by molar-refractivity contribution is 7.13. The summed E-state index contributed by atoms with van der Waals surface area (Å²) in [6.07, 6.45) is 0.124. The van der Waals surface area contributed by atoms with Gasteiger partial charge in [0.05, 0.1) is 34.3 Å². The molecule has 6 heteroatoms. The Hall–Kier alpha value is -3.04. The number of carbonyl (C=O) groups excluding carboxylic acids is 1. The molecule has 118 valence electrons. The highest BCUT2D eigenvalue weighted by Gasteiger charge is 2.11. The van der Waals surface area contributed by atoms with E-state index in [1.165, 1.54) is 0 Å². The van der Waals surface area contributed by atoms with Gasteiger partial charge in [-0.1, -0.05) is 18.2 Å². The van der Waals surface area contributed by atoms with Crippen LogP contribution in [0, 0.1) is 11.3 Å². The van der Waals surface area contributed by atoms with Gasteiger partial charge in [0.15, 0.2) is 0 Å². The minimum absolute atomic E-state index is 0.124.